The monoisotopic (exact) mass is 603 g/mol. The van der Waals surface area contributed by atoms with Crippen molar-refractivity contribution in [2.24, 2.45) is 4.99 Å². The summed E-state index contributed by atoms with van der Waals surface area (Å²) in [5.74, 6) is -0.00788. The number of nitrogens with zero attached hydrogens (tertiary/aromatic N) is 5. The van der Waals surface area contributed by atoms with Gasteiger partial charge in [-0.25, -0.2) is 19.8 Å². The summed E-state index contributed by atoms with van der Waals surface area (Å²) in [5.41, 5.74) is 1.24. The smallest absolute Gasteiger partial charge is 0.338 e. The van der Waals surface area contributed by atoms with E-state index >= 15 is 0 Å². The second-order valence-electron chi connectivity index (χ2n) is 9.43. The zero-order valence-electron chi connectivity index (χ0n) is 23.0. The number of hydrogen-bond donors (Lipinski definition) is 0. The molecule has 0 radical (unpaired) electrons. The van der Waals surface area contributed by atoms with Crippen LogP contribution in [0.5, 0.6) is 5.75 Å². The minimum absolute atomic E-state index is 0.141. The highest BCUT2D eigenvalue weighted by atomic mass is 32.2. The van der Waals surface area contributed by atoms with Gasteiger partial charge in [-0.05, 0) is 74.0 Å². The zero-order chi connectivity index (χ0) is 30.0. The fraction of sp³-hybridized carbons (Fsp3) is 0.207. The van der Waals surface area contributed by atoms with Gasteiger partial charge in [0.15, 0.2) is 9.96 Å². The highest BCUT2D eigenvalue weighted by molar-refractivity contribution is 7.99. The van der Waals surface area contributed by atoms with Gasteiger partial charge in [0.25, 0.3) is 11.2 Å². The molecule has 1 aliphatic rings. The van der Waals surface area contributed by atoms with Gasteiger partial charge in [0.05, 0.1) is 44.9 Å². The van der Waals surface area contributed by atoms with Gasteiger partial charge < -0.3 is 9.47 Å². The lowest BCUT2D eigenvalue weighted by Crippen LogP contribution is -2.40. The number of aromatic nitrogens is 3. The Morgan fingerprint density at radius 2 is 1.93 bits per heavy atom. The minimum atomic E-state index is -0.816. The number of carbonyl (C=O) groups is 1. The Balaban J connectivity index is 1.63. The molecule has 0 unspecified atom stereocenters. The molecule has 1 aliphatic heterocycles. The average Bonchev–Trinajstić information content (AvgIpc) is 3.26. The molecular formula is C29H25N5O6S2. The van der Waals surface area contributed by atoms with Crippen LogP contribution in [0.1, 0.15) is 37.9 Å². The van der Waals surface area contributed by atoms with E-state index in [1.165, 1.54) is 17.7 Å². The molecule has 1 atom stereocenters. The molecule has 214 valence electrons. The van der Waals surface area contributed by atoms with Crippen molar-refractivity contribution in [3.63, 3.8) is 0 Å². The van der Waals surface area contributed by atoms with Gasteiger partial charge in [-0.2, -0.15) is 0 Å². The molecule has 2 aromatic heterocycles. The van der Waals surface area contributed by atoms with Crippen LogP contribution in [0.25, 0.3) is 6.08 Å². The first-order chi connectivity index (χ1) is 20.2. The second kappa shape index (κ2) is 12.1. The summed E-state index contributed by atoms with van der Waals surface area (Å²) in [7, 11) is 1.54. The third kappa shape index (κ3) is 5.87. The van der Waals surface area contributed by atoms with Crippen molar-refractivity contribution in [1.29, 1.82) is 0 Å². The van der Waals surface area contributed by atoms with E-state index in [0.717, 1.165) is 23.1 Å². The maximum atomic E-state index is 13.9. The third-order valence-corrected chi connectivity index (χ3v) is 8.16. The molecule has 42 heavy (non-hydrogen) atoms. The van der Waals surface area contributed by atoms with Crippen LogP contribution in [0.15, 0.2) is 92.0 Å². The van der Waals surface area contributed by atoms with Gasteiger partial charge in [-0.3, -0.25) is 19.5 Å². The summed E-state index contributed by atoms with van der Waals surface area (Å²) >= 11 is 2.21. The maximum absolute atomic E-state index is 13.9. The van der Waals surface area contributed by atoms with Crippen molar-refractivity contribution in [1.82, 2.24) is 14.5 Å². The zero-order valence-corrected chi connectivity index (χ0v) is 24.6. The fourth-order valence-electron chi connectivity index (χ4n) is 4.43. The van der Waals surface area contributed by atoms with Crippen LogP contribution in [0, 0.1) is 10.1 Å². The first-order valence-corrected chi connectivity index (χ1v) is 14.4. The number of nitro benzene ring substituents is 1. The molecule has 0 saturated carbocycles. The number of ether oxygens (including phenoxy) is 2. The molecular weight excluding hydrogens is 578 g/mol. The van der Waals surface area contributed by atoms with Gasteiger partial charge >= 0.3 is 5.97 Å². The highest BCUT2D eigenvalue weighted by Crippen LogP contribution is 2.34. The molecule has 4 aromatic rings. The van der Waals surface area contributed by atoms with E-state index in [1.54, 1.807) is 75.6 Å². The number of allylic oxidation sites excluding steroid dienone is 1. The average molecular weight is 604 g/mol. The number of esters is 1. The van der Waals surface area contributed by atoms with Crippen LogP contribution in [-0.4, -0.2) is 38.6 Å². The van der Waals surface area contributed by atoms with E-state index in [-0.39, 0.29) is 17.4 Å². The Bertz CT molecular complexity index is 1900. The van der Waals surface area contributed by atoms with E-state index in [9.17, 15) is 19.7 Å². The third-order valence-electron chi connectivity index (χ3n) is 6.21. The van der Waals surface area contributed by atoms with Gasteiger partial charge in [0.2, 0.25) is 0 Å². The lowest BCUT2D eigenvalue weighted by atomic mass is 9.95. The number of fused-ring (bicyclic) bond motifs is 1. The van der Waals surface area contributed by atoms with Crippen molar-refractivity contribution < 1.29 is 19.2 Å². The molecule has 0 N–H and O–H groups in total. The number of nitro groups is 1. The van der Waals surface area contributed by atoms with Crippen LogP contribution >= 0.6 is 23.1 Å². The number of methoxy groups -OCH3 is 1. The van der Waals surface area contributed by atoms with Crippen molar-refractivity contribution in [3.8, 4) is 5.75 Å². The topological polar surface area (TPSA) is 139 Å². The van der Waals surface area contributed by atoms with Crippen LogP contribution in [0.4, 0.5) is 5.69 Å². The maximum Gasteiger partial charge on any atom is 0.338 e. The number of thiazole rings is 1. The molecule has 13 heteroatoms. The van der Waals surface area contributed by atoms with Crippen LogP contribution < -0.4 is 19.6 Å². The van der Waals surface area contributed by atoms with Crippen LogP contribution in [-0.2, 0) is 9.53 Å². The van der Waals surface area contributed by atoms with Crippen LogP contribution in [0.3, 0.4) is 0 Å². The molecule has 0 amide bonds. The summed E-state index contributed by atoms with van der Waals surface area (Å²) in [6.45, 7) is 5.20. The van der Waals surface area contributed by atoms with Gasteiger partial charge in [-0.15, -0.1) is 0 Å². The minimum Gasteiger partial charge on any atom is -0.497 e. The fourth-order valence-corrected chi connectivity index (χ4v) is 6.27. The summed E-state index contributed by atoms with van der Waals surface area (Å²) in [4.78, 5) is 52.2. The van der Waals surface area contributed by atoms with Gasteiger partial charge in [0.1, 0.15) is 5.75 Å². The first kappa shape index (κ1) is 28.9. The van der Waals surface area contributed by atoms with Gasteiger partial charge in [-0.1, -0.05) is 29.5 Å². The molecule has 0 aliphatic carbocycles. The Labute approximate surface area is 248 Å². The van der Waals surface area contributed by atoms with Crippen LogP contribution in [0.2, 0.25) is 0 Å². The molecule has 0 saturated heterocycles. The molecule has 0 spiro atoms. The summed E-state index contributed by atoms with van der Waals surface area (Å²) in [6, 6.07) is 12.7. The molecule has 0 fully saturated rings. The number of hydrogen-bond acceptors (Lipinski definition) is 11. The van der Waals surface area contributed by atoms with E-state index in [2.05, 4.69) is 15.0 Å². The normalized spacial score (nSPS) is 14.9. The van der Waals surface area contributed by atoms with E-state index in [4.69, 9.17) is 9.47 Å². The number of carbonyl (C=O) groups excluding carboxylic acids is 1. The lowest BCUT2D eigenvalue weighted by Gasteiger charge is -2.25. The largest absolute Gasteiger partial charge is 0.497 e. The number of benzene rings is 2. The Morgan fingerprint density at radius 1 is 1.17 bits per heavy atom. The second-order valence-corrected chi connectivity index (χ2v) is 11.4. The Morgan fingerprint density at radius 3 is 2.62 bits per heavy atom. The standard InChI is InChI=1S/C29H25N5O6S2/c1-16(2)40-27(36)24-17(3)32-29-33(25(24)19-7-5-8-20(15-19)39-4)26(35)23(42-29)14-18-9-10-22(21(13-18)34(37)38)41-28-30-11-6-12-31-28/h5-16,25H,1-4H3/b23-14-/t25-/m0/s1. The summed E-state index contributed by atoms with van der Waals surface area (Å²) in [5, 5.41) is 12.3. The van der Waals surface area contributed by atoms with Crippen molar-refractivity contribution in [3.05, 3.63) is 113 Å². The molecule has 2 aromatic carbocycles. The molecule has 0 bridgehead atoms. The van der Waals surface area contributed by atoms with Crippen molar-refractivity contribution >= 4 is 40.8 Å². The SMILES string of the molecule is COc1cccc([C@H]2C(C(=O)OC(C)C)=C(C)N=c3s/c(=C\c4ccc(Sc5ncccn5)c([N+](=O)[O-])c4)c(=O)n32)c1. The summed E-state index contributed by atoms with van der Waals surface area (Å²) in [6.07, 6.45) is 4.32. The molecule has 5 rings (SSSR count). The van der Waals surface area contributed by atoms with E-state index in [0.29, 0.717) is 42.0 Å². The van der Waals surface area contributed by atoms with E-state index in [1.807, 2.05) is 6.07 Å². The van der Waals surface area contributed by atoms with Crippen molar-refractivity contribution in [2.75, 3.05) is 7.11 Å². The lowest BCUT2D eigenvalue weighted by molar-refractivity contribution is -0.387. The Kier molecular flexibility index (Phi) is 8.31. The quantitative estimate of drug-likeness (QED) is 0.126. The molecule has 3 heterocycles. The van der Waals surface area contributed by atoms with E-state index < -0.39 is 22.5 Å². The number of rotatable bonds is 8. The summed E-state index contributed by atoms with van der Waals surface area (Å²) < 4.78 is 12.7. The molecule has 11 nitrogen and oxygen atoms in total. The highest BCUT2D eigenvalue weighted by Gasteiger charge is 2.34. The van der Waals surface area contributed by atoms with Crippen molar-refractivity contribution in [2.45, 2.75) is 43.0 Å². The Hall–Kier alpha value is -4.62. The van der Waals surface area contributed by atoms with Gasteiger partial charge in [0, 0.05) is 18.5 Å². The first-order valence-electron chi connectivity index (χ1n) is 12.8. The predicted molar refractivity (Wildman–Crippen MR) is 157 cm³/mol. The predicted octanol–water partition coefficient (Wildman–Crippen LogP) is 4.04.